The largest absolute Gasteiger partial charge is 0.456 e. The first-order chi connectivity index (χ1) is 8.15. The minimum atomic E-state index is 0.550. The van der Waals surface area contributed by atoms with Gasteiger partial charge in [-0.05, 0) is 42.7 Å². The molecular weight excluding hydrogens is 208 g/mol. The molecule has 0 atom stereocenters. The van der Waals surface area contributed by atoms with Gasteiger partial charge in [0, 0.05) is 10.8 Å². The lowest BCUT2D eigenvalue weighted by atomic mass is 10.0. The summed E-state index contributed by atoms with van der Waals surface area (Å²) in [5.74, 6) is 0.550. The summed E-state index contributed by atoms with van der Waals surface area (Å²) in [6, 6.07) is 12.8. The summed E-state index contributed by atoms with van der Waals surface area (Å²) in [7, 11) is 0. The number of hydrogen-bond acceptors (Lipinski definition) is 1. The van der Waals surface area contributed by atoms with E-state index in [9.17, 15) is 0 Å². The van der Waals surface area contributed by atoms with Crippen molar-refractivity contribution in [3.63, 3.8) is 0 Å². The Morgan fingerprint density at radius 2 is 1.53 bits per heavy atom. The van der Waals surface area contributed by atoms with Crippen molar-refractivity contribution < 1.29 is 4.42 Å². The zero-order valence-electron chi connectivity index (χ0n) is 10.4. The van der Waals surface area contributed by atoms with E-state index in [-0.39, 0.29) is 0 Å². The highest BCUT2D eigenvalue weighted by atomic mass is 16.3. The minimum absolute atomic E-state index is 0.550. The first kappa shape index (κ1) is 10.4. The van der Waals surface area contributed by atoms with Gasteiger partial charge in [-0.1, -0.05) is 31.5 Å². The predicted molar refractivity (Wildman–Crippen MR) is 72.5 cm³/mol. The van der Waals surface area contributed by atoms with E-state index in [0.29, 0.717) is 5.92 Å². The molecule has 3 rings (SSSR count). The Balaban J connectivity index is 2.39. The van der Waals surface area contributed by atoms with E-state index in [1.807, 2.05) is 0 Å². The van der Waals surface area contributed by atoms with Gasteiger partial charge in [-0.15, -0.1) is 0 Å². The Morgan fingerprint density at radius 3 is 2.24 bits per heavy atom. The fourth-order valence-electron chi connectivity index (χ4n) is 2.27. The van der Waals surface area contributed by atoms with E-state index in [2.05, 4.69) is 57.2 Å². The molecule has 2 aromatic carbocycles. The molecule has 1 aromatic heterocycles. The number of aryl methyl sites for hydroxylation is 1. The van der Waals surface area contributed by atoms with Crippen LogP contribution in [0.15, 0.2) is 40.8 Å². The molecule has 0 spiro atoms. The van der Waals surface area contributed by atoms with Crippen LogP contribution in [-0.4, -0.2) is 0 Å². The second-order valence-electron chi connectivity index (χ2n) is 5.01. The van der Waals surface area contributed by atoms with Gasteiger partial charge in [0.2, 0.25) is 0 Å². The SMILES string of the molecule is Cc1ccc2oc3ccc(C(C)C)cc3c2c1. The van der Waals surface area contributed by atoms with Crippen LogP contribution in [-0.2, 0) is 0 Å². The Bertz CT molecular complexity index is 689. The molecule has 1 heteroatoms. The average molecular weight is 224 g/mol. The van der Waals surface area contributed by atoms with Gasteiger partial charge in [0.25, 0.3) is 0 Å². The second-order valence-corrected chi connectivity index (χ2v) is 5.01. The van der Waals surface area contributed by atoms with Crippen molar-refractivity contribution in [1.82, 2.24) is 0 Å². The molecule has 0 saturated carbocycles. The highest BCUT2D eigenvalue weighted by Gasteiger charge is 2.08. The van der Waals surface area contributed by atoms with Gasteiger partial charge in [-0.25, -0.2) is 0 Å². The van der Waals surface area contributed by atoms with Gasteiger partial charge in [-0.3, -0.25) is 0 Å². The lowest BCUT2D eigenvalue weighted by molar-refractivity contribution is 0.668. The first-order valence-corrected chi connectivity index (χ1v) is 6.08. The van der Waals surface area contributed by atoms with Crippen molar-refractivity contribution >= 4 is 21.9 Å². The maximum Gasteiger partial charge on any atom is 0.135 e. The summed E-state index contributed by atoms with van der Waals surface area (Å²) >= 11 is 0. The van der Waals surface area contributed by atoms with Gasteiger partial charge in [-0.2, -0.15) is 0 Å². The van der Waals surface area contributed by atoms with Gasteiger partial charge < -0.3 is 4.42 Å². The van der Waals surface area contributed by atoms with Crippen molar-refractivity contribution in [3.05, 3.63) is 47.5 Å². The third-order valence-electron chi connectivity index (χ3n) is 3.32. The van der Waals surface area contributed by atoms with E-state index in [4.69, 9.17) is 4.42 Å². The van der Waals surface area contributed by atoms with Crippen LogP contribution in [0, 0.1) is 6.92 Å². The molecule has 0 amide bonds. The standard InChI is InChI=1S/C16H16O/c1-10(2)12-5-7-16-14(9-12)13-8-11(3)4-6-15(13)17-16/h4-10H,1-3H3. The van der Waals surface area contributed by atoms with E-state index in [0.717, 1.165) is 11.2 Å². The molecule has 0 fully saturated rings. The van der Waals surface area contributed by atoms with Gasteiger partial charge >= 0.3 is 0 Å². The molecule has 0 saturated heterocycles. The van der Waals surface area contributed by atoms with E-state index in [1.54, 1.807) is 0 Å². The van der Waals surface area contributed by atoms with Crippen LogP contribution in [0.2, 0.25) is 0 Å². The second kappa shape index (κ2) is 3.63. The normalized spacial score (nSPS) is 11.8. The lowest BCUT2D eigenvalue weighted by Crippen LogP contribution is -1.85. The number of benzene rings is 2. The molecule has 0 bridgehead atoms. The van der Waals surface area contributed by atoms with Crippen LogP contribution in [0.3, 0.4) is 0 Å². The predicted octanol–water partition coefficient (Wildman–Crippen LogP) is 5.02. The third kappa shape index (κ3) is 1.62. The summed E-state index contributed by atoms with van der Waals surface area (Å²) in [5.41, 5.74) is 4.60. The number of rotatable bonds is 1. The van der Waals surface area contributed by atoms with Crippen molar-refractivity contribution in [2.24, 2.45) is 0 Å². The minimum Gasteiger partial charge on any atom is -0.456 e. The summed E-state index contributed by atoms with van der Waals surface area (Å²) < 4.78 is 5.84. The smallest absolute Gasteiger partial charge is 0.135 e. The molecule has 0 aliphatic rings. The van der Waals surface area contributed by atoms with Gasteiger partial charge in [0.1, 0.15) is 11.2 Å². The maximum absolute atomic E-state index is 5.84. The van der Waals surface area contributed by atoms with Crippen LogP contribution in [0.4, 0.5) is 0 Å². The van der Waals surface area contributed by atoms with Crippen LogP contribution in [0.1, 0.15) is 30.9 Å². The van der Waals surface area contributed by atoms with Crippen LogP contribution < -0.4 is 0 Å². The van der Waals surface area contributed by atoms with E-state index in [1.165, 1.54) is 21.9 Å². The summed E-state index contributed by atoms with van der Waals surface area (Å²) in [5, 5.41) is 2.46. The van der Waals surface area contributed by atoms with E-state index < -0.39 is 0 Å². The molecule has 0 aliphatic heterocycles. The molecule has 1 nitrogen and oxygen atoms in total. The Hall–Kier alpha value is -1.76. The molecule has 0 unspecified atom stereocenters. The molecule has 17 heavy (non-hydrogen) atoms. The first-order valence-electron chi connectivity index (χ1n) is 6.08. The quantitative estimate of drug-likeness (QED) is 0.565. The summed E-state index contributed by atoms with van der Waals surface area (Å²) in [6.07, 6.45) is 0. The molecule has 86 valence electrons. The monoisotopic (exact) mass is 224 g/mol. The molecule has 0 N–H and O–H groups in total. The Morgan fingerprint density at radius 1 is 0.882 bits per heavy atom. The highest BCUT2D eigenvalue weighted by Crippen LogP contribution is 2.31. The van der Waals surface area contributed by atoms with Gasteiger partial charge in [0.05, 0.1) is 0 Å². The third-order valence-corrected chi connectivity index (χ3v) is 3.32. The van der Waals surface area contributed by atoms with Crippen molar-refractivity contribution in [1.29, 1.82) is 0 Å². The molecular formula is C16H16O. The number of hydrogen-bond donors (Lipinski definition) is 0. The van der Waals surface area contributed by atoms with Crippen molar-refractivity contribution in [3.8, 4) is 0 Å². The van der Waals surface area contributed by atoms with Crippen LogP contribution in [0.25, 0.3) is 21.9 Å². The van der Waals surface area contributed by atoms with Crippen LogP contribution in [0.5, 0.6) is 0 Å². The molecule has 1 heterocycles. The molecule has 3 aromatic rings. The zero-order chi connectivity index (χ0) is 12.0. The highest BCUT2D eigenvalue weighted by molar-refractivity contribution is 6.05. The topological polar surface area (TPSA) is 13.1 Å². The summed E-state index contributed by atoms with van der Waals surface area (Å²) in [4.78, 5) is 0. The fraction of sp³-hybridized carbons (Fsp3) is 0.250. The van der Waals surface area contributed by atoms with Crippen LogP contribution >= 0.6 is 0 Å². The number of furan rings is 1. The Kier molecular flexibility index (Phi) is 2.22. The maximum atomic E-state index is 5.84. The molecule has 0 aliphatic carbocycles. The number of fused-ring (bicyclic) bond motifs is 3. The van der Waals surface area contributed by atoms with Crippen molar-refractivity contribution in [2.45, 2.75) is 26.7 Å². The zero-order valence-corrected chi connectivity index (χ0v) is 10.4. The Labute approximate surface area is 101 Å². The van der Waals surface area contributed by atoms with E-state index >= 15 is 0 Å². The lowest BCUT2D eigenvalue weighted by Gasteiger charge is -2.04. The van der Waals surface area contributed by atoms with Gasteiger partial charge in [0.15, 0.2) is 0 Å². The summed E-state index contributed by atoms with van der Waals surface area (Å²) in [6.45, 7) is 6.55. The fourth-order valence-corrected chi connectivity index (χ4v) is 2.27. The molecule has 0 radical (unpaired) electrons. The van der Waals surface area contributed by atoms with Crippen molar-refractivity contribution in [2.75, 3.05) is 0 Å². The average Bonchev–Trinajstić information content (AvgIpc) is 2.66.